The highest BCUT2D eigenvalue weighted by atomic mass is 32.2. The number of sulfonamides is 1. The van der Waals surface area contributed by atoms with E-state index in [0.29, 0.717) is 24.3 Å². The number of H-pyrrole nitrogens is 1. The van der Waals surface area contributed by atoms with E-state index >= 15 is 0 Å². The number of halogens is 3. The maximum Gasteiger partial charge on any atom is 0.417 e. The zero-order valence-electron chi connectivity index (χ0n) is 13.3. The van der Waals surface area contributed by atoms with Gasteiger partial charge in [-0.2, -0.15) is 22.6 Å². The topological polar surface area (TPSA) is 91.8 Å². The maximum atomic E-state index is 12.7. The van der Waals surface area contributed by atoms with Crippen LogP contribution in [0.25, 0.3) is 0 Å². The Hall–Kier alpha value is -2.01. The second-order valence-corrected chi connectivity index (χ2v) is 7.75. The Bertz CT molecular complexity index is 848. The first kappa shape index (κ1) is 17.8. The largest absolute Gasteiger partial charge is 0.417 e. The van der Waals surface area contributed by atoms with Gasteiger partial charge in [0.15, 0.2) is 10.9 Å². The van der Waals surface area contributed by atoms with Gasteiger partial charge < -0.3 is 0 Å². The van der Waals surface area contributed by atoms with Crippen molar-refractivity contribution >= 4 is 10.0 Å². The highest BCUT2D eigenvalue weighted by Gasteiger charge is 2.35. The number of alkyl halides is 3. The van der Waals surface area contributed by atoms with Gasteiger partial charge in [-0.05, 0) is 31.9 Å². The van der Waals surface area contributed by atoms with Crippen molar-refractivity contribution < 1.29 is 21.6 Å². The van der Waals surface area contributed by atoms with Crippen molar-refractivity contribution in [1.29, 1.82) is 0 Å². The molecule has 136 valence electrons. The number of aryl methyl sites for hydroxylation is 1. The molecule has 1 saturated heterocycles. The standard InChI is InChI=1S/C14H16F3N5O2S/c1-9-19-13(21-20-9)10-3-2-6-22(8-10)25(23,24)12-5-4-11(7-18-12)14(15,16)17/h4-5,7,10H,2-3,6,8H2,1H3,(H,19,20,21). The molecule has 0 spiro atoms. The summed E-state index contributed by atoms with van der Waals surface area (Å²) in [4.78, 5) is 7.74. The molecule has 0 aromatic carbocycles. The van der Waals surface area contributed by atoms with E-state index in [0.717, 1.165) is 18.6 Å². The van der Waals surface area contributed by atoms with E-state index in [2.05, 4.69) is 20.2 Å². The Labute approximate surface area is 142 Å². The van der Waals surface area contributed by atoms with Gasteiger partial charge in [0.05, 0.1) is 5.56 Å². The highest BCUT2D eigenvalue weighted by molar-refractivity contribution is 7.89. The third kappa shape index (κ3) is 3.66. The zero-order valence-corrected chi connectivity index (χ0v) is 14.1. The van der Waals surface area contributed by atoms with E-state index in [4.69, 9.17) is 0 Å². The molecule has 25 heavy (non-hydrogen) atoms. The molecule has 1 atom stereocenters. The first-order valence-electron chi connectivity index (χ1n) is 7.60. The molecule has 0 saturated carbocycles. The van der Waals surface area contributed by atoms with Crippen LogP contribution in [0, 0.1) is 6.92 Å². The van der Waals surface area contributed by atoms with Crippen LogP contribution in [0.1, 0.15) is 36.0 Å². The number of rotatable bonds is 3. The SMILES string of the molecule is Cc1nc(C2CCCN(S(=O)(=O)c3ccc(C(F)(F)F)cn3)C2)n[nH]1. The van der Waals surface area contributed by atoms with Crippen LogP contribution in [0.4, 0.5) is 13.2 Å². The molecule has 3 rings (SSSR count). The predicted molar refractivity (Wildman–Crippen MR) is 81.1 cm³/mol. The van der Waals surface area contributed by atoms with Crippen LogP contribution in [0.3, 0.4) is 0 Å². The van der Waals surface area contributed by atoms with Crippen LogP contribution in [0.5, 0.6) is 0 Å². The van der Waals surface area contributed by atoms with E-state index in [1.54, 1.807) is 6.92 Å². The molecule has 1 unspecified atom stereocenters. The quantitative estimate of drug-likeness (QED) is 0.887. The molecular formula is C14H16F3N5O2S. The van der Waals surface area contributed by atoms with Gasteiger partial charge in [-0.25, -0.2) is 18.4 Å². The fraction of sp³-hybridized carbons (Fsp3) is 0.500. The molecule has 7 nitrogen and oxygen atoms in total. The third-order valence-corrected chi connectivity index (χ3v) is 5.81. The average molecular weight is 375 g/mol. The number of hydrogen-bond acceptors (Lipinski definition) is 5. The average Bonchev–Trinajstić information content (AvgIpc) is 3.01. The number of piperidine rings is 1. The van der Waals surface area contributed by atoms with Crippen molar-refractivity contribution in [3.05, 3.63) is 35.5 Å². The predicted octanol–water partition coefficient (Wildman–Crippen LogP) is 2.10. The number of nitrogens with one attached hydrogen (secondary N) is 1. The summed E-state index contributed by atoms with van der Waals surface area (Å²) >= 11 is 0. The first-order valence-corrected chi connectivity index (χ1v) is 9.04. The molecule has 1 fully saturated rings. The lowest BCUT2D eigenvalue weighted by Gasteiger charge is -2.30. The van der Waals surface area contributed by atoms with Gasteiger partial charge in [-0.15, -0.1) is 0 Å². The van der Waals surface area contributed by atoms with Gasteiger partial charge in [0, 0.05) is 25.2 Å². The Morgan fingerprint density at radius 3 is 2.64 bits per heavy atom. The van der Waals surface area contributed by atoms with Crippen LogP contribution in [-0.2, 0) is 16.2 Å². The van der Waals surface area contributed by atoms with Gasteiger partial charge >= 0.3 is 6.18 Å². The Kier molecular flexibility index (Phi) is 4.54. The molecule has 1 aliphatic heterocycles. The Morgan fingerprint density at radius 2 is 2.08 bits per heavy atom. The number of aromatic nitrogens is 4. The van der Waals surface area contributed by atoms with Crippen LogP contribution in [0.15, 0.2) is 23.4 Å². The smallest absolute Gasteiger partial charge is 0.263 e. The molecule has 0 bridgehead atoms. The summed E-state index contributed by atoms with van der Waals surface area (Å²) < 4.78 is 64.3. The summed E-state index contributed by atoms with van der Waals surface area (Å²) in [5.41, 5.74) is -0.987. The fourth-order valence-electron chi connectivity index (χ4n) is 2.75. The van der Waals surface area contributed by atoms with Crippen molar-refractivity contribution in [2.24, 2.45) is 0 Å². The minimum atomic E-state index is -4.56. The lowest BCUT2D eigenvalue weighted by atomic mass is 9.99. The molecule has 11 heteroatoms. The minimum Gasteiger partial charge on any atom is -0.263 e. The summed E-state index contributed by atoms with van der Waals surface area (Å²) in [6, 6.07) is 1.61. The number of pyridine rings is 1. The summed E-state index contributed by atoms with van der Waals surface area (Å²) in [5, 5.41) is 6.40. The van der Waals surface area contributed by atoms with Gasteiger partial charge in [0.2, 0.25) is 0 Å². The number of hydrogen-bond donors (Lipinski definition) is 1. The number of aromatic amines is 1. The number of nitrogens with zero attached hydrogens (tertiary/aromatic N) is 4. The molecule has 2 aromatic rings. The van der Waals surface area contributed by atoms with Crippen molar-refractivity contribution in [2.45, 2.75) is 36.9 Å². The Morgan fingerprint density at radius 1 is 1.32 bits per heavy atom. The lowest BCUT2D eigenvalue weighted by Crippen LogP contribution is -2.39. The second-order valence-electron chi connectivity index (χ2n) is 5.86. The third-order valence-electron chi connectivity index (χ3n) is 4.03. The van der Waals surface area contributed by atoms with Gasteiger partial charge in [-0.1, -0.05) is 0 Å². The maximum absolute atomic E-state index is 12.7. The van der Waals surface area contributed by atoms with Crippen LogP contribution in [-0.4, -0.2) is 46.0 Å². The molecule has 2 aromatic heterocycles. The molecule has 1 aliphatic rings. The minimum absolute atomic E-state index is 0.164. The zero-order chi connectivity index (χ0) is 18.2. The van der Waals surface area contributed by atoms with Gasteiger partial charge in [0.25, 0.3) is 10.0 Å². The van der Waals surface area contributed by atoms with E-state index in [9.17, 15) is 21.6 Å². The van der Waals surface area contributed by atoms with Crippen molar-refractivity contribution in [3.8, 4) is 0 Å². The highest BCUT2D eigenvalue weighted by Crippen LogP contribution is 2.31. The molecular weight excluding hydrogens is 359 g/mol. The summed E-state index contributed by atoms with van der Waals surface area (Å²) in [7, 11) is -3.97. The first-order chi connectivity index (χ1) is 11.7. The summed E-state index contributed by atoms with van der Waals surface area (Å²) in [5.74, 6) is 1.01. The summed E-state index contributed by atoms with van der Waals surface area (Å²) in [6.07, 6.45) is -2.68. The summed E-state index contributed by atoms with van der Waals surface area (Å²) in [6.45, 7) is 2.20. The molecule has 3 heterocycles. The molecule has 0 aliphatic carbocycles. The normalized spacial score (nSPS) is 19.9. The van der Waals surface area contributed by atoms with Gasteiger partial charge in [0.1, 0.15) is 5.82 Å². The molecule has 1 N–H and O–H groups in total. The fourth-order valence-corrected chi connectivity index (χ4v) is 4.18. The molecule has 0 amide bonds. The van der Waals surface area contributed by atoms with Crippen LogP contribution >= 0.6 is 0 Å². The van der Waals surface area contributed by atoms with E-state index < -0.39 is 26.8 Å². The van der Waals surface area contributed by atoms with Crippen molar-refractivity contribution in [2.75, 3.05) is 13.1 Å². The van der Waals surface area contributed by atoms with E-state index in [1.807, 2.05) is 0 Å². The Balaban J connectivity index is 1.81. The van der Waals surface area contributed by atoms with Crippen LogP contribution in [0.2, 0.25) is 0 Å². The lowest BCUT2D eigenvalue weighted by molar-refractivity contribution is -0.137. The van der Waals surface area contributed by atoms with Gasteiger partial charge in [-0.3, -0.25) is 5.10 Å². The second kappa shape index (κ2) is 6.37. The van der Waals surface area contributed by atoms with Crippen molar-refractivity contribution in [1.82, 2.24) is 24.5 Å². The van der Waals surface area contributed by atoms with Crippen molar-refractivity contribution in [3.63, 3.8) is 0 Å². The van der Waals surface area contributed by atoms with Crippen LogP contribution < -0.4 is 0 Å². The monoisotopic (exact) mass is 375 g/mol. The van der Waals surface area contributed by atoms with E-state index in [-0.39, 0.29) is 19.0 Å². The van der Waals surface area contributed by atoms with E-state index in [1.165, 1.54) is 4.31 Å². The molecule has 0 radical (unpaired) electrons.